The summed E-state index contributed by atoms with van der Waals surface area (Å²) in [4.78, 5) is 35.6. The molecule has 5 rings (SSSR count). The molecule has 2 amide bonds. The van der Waals surface area contributed by atoms with Crippen LogP contribution < -0.4 is 14.8 Å². The summed E-state index contributed by atoms with van der Waals surface area (Å²) < 4.78 is 32.9. The second-order valence-electron chi connectivity index (χ2n) is 11.7. The first kappa shape index (κ1) is 30.6. The van der Waals surface area contributed by atoms with E-state index in [1.807, 2.05) is 45.9 Å². The summed E-state index contributed by atoms with van der Waals surface area (Å²) in [5, 5.41) is 13.3. The summed E-state index contributed by atoms with van der Waals surface area (Å²) in [6.07, 6.45) is -0.625. The van der Waals surface area contributed by atoms with Crippen LogP contribution in [-0.2, 0) is 17.8 Å². The van der Waals surface area contributed by atoms with E-state index < -0.39 is 29.5 Å². The van der Waals surface area contributed by atoms with Crippen molar-refractivity contribution >= 4 is 29.2 Å². The lowest BCUT2D eigenvalue weighted by Crippen LogP contribution is -2.60. The minimum absolute atomic E-state index is 0.00682. The smallest absolute Gasteiger partial charge is 0.408 e. The Morgan fingerprint density at radius 3 is 2.65 bits per heavy atom. The number of halogens is 1. The van der Waals surface area contributed by atoms with Gasteiger partial charge in [-0.15, -0.1) is 11.3 Å². The first-order chi connectivity index (χ1) is 20.4. The van der Waals surface area contributed by atoms with Gasteiger partial charge in [0, 0.05) is 40.8 Å². The molecule has 3 aromatic rings. The molecule has 0 radical (unpaired) electrons. The molecule has 10 nitrogen and oxygen atoms in total. The predicted molar refractivity (Wildman–Crippen MR) is 162 cm³/mol. The van der Waals surface area contributed by atoms with Gasteiger partial charge in [0.25, 0.3) is 5.91 Å². The number of aryl methyl sites for hydroxylation is 1. The van der Waals surface area contributed by atoms with E-state index in [1.165, 1.54) is 16.2 Å². The third kappa shape index (κ3) is 5.98. The molecular formula is C31H37FN4O6S. The van der Waals surface area contributed by atoms with Crippen LogP contribution in [0.3, 0.4) is 0 Å². The Balaban J connectivity index is 1.54. The van der Waals surface area contributed by atoms with Crippen LogP contribution in [-0.4, -0.2) is 76.9 Å². The number of nitrogens with one attached hydrogen (secondary N) is 1. The molecule has 2 atom stereocenters. The van der Waals surface area contributed by atoms with Crippen molar-refractivity contribution in [1.82, 2.24) is 14.8 Å². The Morgan fingerprint density at radius 2 is 2.02 bits per heavy atom. The van der Waals surface area contributed by atoms with Gasteiger partial charge in [-0.05, 0) is 58.4 Å². The van der Waals surface area contributed by atoms with E-state index in [9.17, 15) is 14.7 Å². The van der Waals surface area contributed by atoms with Crippen molar-refractivity contribution in [2.24, 2.45) is 0 Å². The van der Waals surface area contributed by atoms with Crippen molar-refractivity contribution in [3.05, 3.63) is 57.7 Å². The second-order valence-corrected chi connectivity index (χ2v) is 13.0. The molecule has 0 bridgehead atoms. The quantitative estimate of drug-likeness (QED) is 0.329. The van der Waals surface area contributed by atoms with Crippen molar-refractivity contribution in [2.45, 2.75) is 64.8 Å². The highest BCUT2D eigenvalue weighted by Crippen LogP contribution is 2.40. The van der Waals surface area contributed by atoms with E-state index in [4.69, 9.17) is 19.2 Å². The molecule has 1 saturated heterocycles. The SMILES string of the molecule is COc1ccc(CN2Cc3c(F)c(N[C@@H]4CCOC[C@@H]4N(C(=O)O)C(C)(C)C)nc(-c4ccc(C)s4)c3C2=O)c(OC)c1. The highest BCUT2D eigenvalue weighted by molar-refractivity contribution is 7.15. The minimum Gasteiger partial charge on any atom is -0.497 e. The van der Waals surface area contributed by atoms with Crippen LogP contribution in [0.1, 0.15) is 53.6 Å². The number of anilines is 1. The van der Waals surface area contributed by atoms with Crippen LogP contribution in [0, 0.1) is 12.7 Å². The summed E-state index contributed by atoms with van der Waals surface area (Å²) in [7, 11) is 3.11. The number of carboxylic acid groups (broad SMARTS) is 1. The van der Waals surface area contributed by atoms with Crippen molar-refractivity contribution in [1.29, 1.82) is 0 Å². The van der Waals surface area contributed by atoms with Gasteiger partial charge in [-0.2, -0.15) is 0 Å². The predicted octanol–water partition coefficient (Wildman–Crippen LogP) is 5.78. The fourth-order valence-corrected chi connectivity index (χ4v) is 6.67. The van der Waals surface area contributed by atoms with Gasteiger partial charge in [0.2, 0.25) is 0 Å². The Labute approximate surface area is 254 Å². The number of hydrogen-bond acceptors (Lipinski definition) is 8. The van der Waals surface area contributed by atoms with E-state index >= 15 is 4.39 Å². The molecule has 0 unspecified atom stereocenters. The standard InChI is InChI=1S/C31H37FN4O6S/c1-17-7-10-24(43-17)27-25-20(15-35(29(25)37)14-18-8-9-19(40-5)13-23(18)41-6)26(32)28(34-27)33-21-11-12-42-16-22(21)36(30(38)39)31(2,3)4/h7-10,13,21-22H,11-12,14-16H2,1-6H3,(H,33,34)(H,38,39)/t21-,22+/m1/s1. The number of ether oxygens (including phenoxy) is 3. The van der Waals surface area contributed by atoms with E-state index in [1.54, 1.807) is 31.3 Å². The lowest BCUT2D eigenvalue weighted by Gasteiger charge is -2.45. The van der Waals surface area contributed by atoms with Crippen LogP contribution in [0.15, 0.2) is 30.3 Å². The third-order valence-corrected chi connectivity index (χ3v) is 8.83. The first-order valence-corrected chi connectivity index (χ1v) is 14.9. The van der Waals surface area contributed by atoms with Crippen LogP contribution in [0.2, 0.25) is 0 Å². The number of thiophene rings is 1. The van der Waals surface area contributed by atoms with Crippen LogP contribution in [0.25, 0.3) is 10.6 Å². The van der Waals surface area contributed by atoms with E-state index in [0.717, 1.165) is 15.3 Å². The first-order valence-electron chi connectivity index (χ1n) is 14.1. The maximum atomic E-state index is 16.4. The molecule has 230 valence electrons. The molecule has 0 saturated carbocycles. The molecule has 1 fully saturated rings. The van der Waals surface area contributed by atoms with Gasteiger partial charge >= 0.3 is 6.09 Å². The van der Waals surface area contributed by atoms with Crippen LogP contribution in [0.4, 0.5) is 15.0 Å². The van der Waals surface area contributed by atoms with Gasteiger partial charge in [-0.1, -0.05) is 0 Å². The molecule has 2 aromatic heterocycles. The van der Waals surface area contributed by atoms with Crippen LogP contribution in [0.5, 0.6) is 11.5 Å². The fraction of sp³-hybridized carbons (Fsp3) is 0.452. The second kappa shape index (κ2) is 12.0. The zero-order chi connectivity index (χ0) is 31.1. The summed E-state index contributed by atoms with van der Waals surface area (Å²) in [5.41, 5.74) is 0.940. The van der Waals surface area contributed by atoms with Gasteiger partial charge < -0.3 is 29.5 Å². The van der Waals surface area contributed by atoms with Crippen LogP contribution >= 0.6 is 11.3 Å². The number of hydrogen-bond donors (Lipinski definition) is 2. The van der Waals surface area contributed by atoms with Gasteiger partial charge in [-0.25, -0.2) is 14.2 Å². The number of fused-ring (bicyclic) bond motifs is 1. The molecule has 2 N–H and O–H groups in total. The Hall–Kier alpha value is -3.90. The van der Waals surface area contributed by atoms with Crippen molar-refractivity contribution in [2.75, 3.05) is 32.8 Å². The number of carbonyl (C=O) groups excluding carboxylic acids is 1. The highest BCUT2D eigenvalue weighted by atomic mass is 32.1. The van der Waals surface area contributed by atoms with Crippen molar-refractivity contribution in [3.8, 4) is 22.1 Å². The number of benzene rings is 1. The zero-order valence-electron chi connectivity index (χ0n) is 25.2. The largest absolute Gasteiger partial charge is 0.497 e. The van der Waals surface area contributed by atoms with Gasteiger partial charge in [0.05, 0.1) is 55.6 Å². The Morgan fingerprint density at radius 1 is 1.26 bits per heavy atom. The average molecular weight is 613 g/mol. The van der Waals surface area contributed by atoms with E-state index in [2.05, 4.69) is 5.32 Å². The fourth-order valence-electron chi connectivity index (χ4n) is 5.81. The minimum atomic E-state index is -1.08. The van der Waals surface area contributed by atoms with E-state index in [0.29, 0.717) is 30.2 Å². The van der Waals surface area contributed by atoms with Gasteiger partial charge in [0.1, 0.15) is 11.5 Å². The zero-order valence-corrected chi connectivity index (χ0v) is 26.0. The summed E-state index contributed by atoms with van der Waals surface area (Å²) in [5.74, 6) is 0.239. The third-order valence-electron chi connectivity index (χ3n) is 7.82. The number of amides is 2. The number of methoxy groups -OCH3 is 2. The molecule has 0 aliphatic carbocycles. The summed E-state index contributed by atoms with van der Waals surface area (Å²) >= 11 is 1.47. The molecule has 0 spiro atoms. The summed E-state index contributed by atoms with van der Waals surface area (Å²) in [6.45, 7) is 8.21. The summed E-state index contributed by atoms with van der Waals surface area (Å²) in [6, 6.07) is 8.15. The molecule has 4 heterocycles. The number of pyridine rings is 1. The molecule has 2 aliphatic rings. The molecular weight excluding hydrogens is 575 g/mol. The molecule has 1 aromatic carbocycles. The number of carbonyl (C=O) groups is 2. The normalized spacial score (nSPS) is 18.4. The van der Waals surface area contributed by atoms with Gasteiger partial charge in [-0.3, -0.25) is 9.69 Å². The molecule has 43 heavy (non-hydrogen) atoms. The lowest BCUT2D eigenvalue weighted by atomic mass is 9.96. The Kier molecular flexibility index (Phi) is 8.53. The average Bonchev–Trinajstić information content (AvgIpc) is 3.53. The number of nitrogens with zero attached hydrogens (tertiary/aromatic N) is 3. The number of aromatic nitrogens is 1. The van der Waals surface area contributed by atoms with E-state index in [-0.39, 0.29) is 42.5 Å². The van der Waals surface area contributed by atoms with Gasteiger partial charge in [0.15, 0.2) is 11.6 Å². The number of rotatable bonds is 8. The Bertz CT molecular complexity index is 1540. The maximum absolute atomic E-state index is 16.4. The highest BCUT2D eigenvalue weighted by Gasteiger charge is 2.41. The van der Waals surface area contributed by atoms with Crippen molar-refractivity contribution in [3.63, 3.8) is 0 Å². The van der Waals surface area contributed by atoms with Crippen molar-refractivity contribution < 1.29 is 33.3 Å². The lowest BCUT2D eigenvalue weighted by molar-refractivity contribution is -0.0156. The maximum Gasteiger partial charge on any atom is 0.408 e. The molecule has 12 heteroatoms. The topological polar surface area (TPSA) is 113 Å². The molecule has 2 aliphatic heterocycles. The monoisotopic (exact) mass is 612 g/mol.